The number of carbonyl (C=O) groups is 1. The Hall–Kier alpha value is -2.67. The van der Waals surface area contributed by atoms with Crippen LogP contribution in [0.1, 0.15) is 34.7 Å². The first kappa shape index (κ1) is 14.9. The van der Waals surface area contributed by atoms with Gasteiger partial charge in [-0.3, -0.25) is 9.89 Å². The maximum absolute atomic E-state index is 13.0. The van der Waals surface area contributed by atoms with E-state index >= 15 is 0 Å². The standard InChI is InChI=1S/C17H18N4O3/c1-10-18-16(20-19-10)13-8-12(23-2)9-21(13)17(22)15-7-11-5-3-4-6-14(11)24-15/h3-7,12-13H,8-9H2,1-2H3,(H,18,19,20)/t12-,13+/m1/s1. The number of carbonyl (C=O) groups excluding carboxylic acids is 1. The largest absolute Gasteiger partial charge is 0.451 e. The Bertz CT molecular complexity index is 852. The monoisotopic (exact) mass is 326 g/mol. The van der Waals surface area contributed by atoms with Crippen LogP contribution in [0.25, 0.3) is 11.0 Å². The Labute approximate surface area is 138 Å². The summed E-state index contributed by atoms with van der Waals surface area (Å²) in [6.07, 6.45) is 0.627. The molecule has 1 aromatic carbocycles. The van der Waals surface area contributed by atoms with E-state index in [0.717, 1.165) is 11.2 Å². The van der Waals surface area contributed by atoms with Gasteiger partial charge in [-0.15, -0.1) is 0 Å². The number of nitrogens with one attached hydrogen (secondary N) is 1. The highest BCUT2D eigenvalue weighted by Crippen LogP contribution is 2.33. The molecule has 0 unspecified atom stereocenters. The summed E-state index contributed by atoms with van der Waals surface area (Å²) in [5.74, 6) is 1.49. The Balaban J connectivity index is 1.67. The molecule has 1 N–H and O–H groups in total. The first-order valence-corrected chi connectivity index (χ1v) is 7.87. The van der Waals surface area contributed by atoms with Gasteiger partial charge in [0.25, 0.3) is 5.91 Å². The van der Waals surface area contributed by atoms with Crippen molar-refractivity contribution in [3.8, 4) is 0 Å². The zero-order valence-corrected chi connectivity index (χ0v) is 13.5. The van der Waals surface area contributed by atoms with E-state index < -0.39 is 0 Å². The van der Waals surface area contributed by atoms with E-state index in [0.29, 0.717) is 30.1 Å². The molecule has 7 nitrogen and oxygen atoms in total. The Kier molecular flexibility index (Phi) is 3.57. The molecule has 3 aromatic rings. The molecule has 4 rings (SSSR count). The van der Waals surface area contributed by atoms with Crippen LogP contribution in [0.3, 0.4) is 0 Å². The van der Waals surface area contributed by atoms with Crippen molar-refractivity contribution in [3.63, 3.8) is 0 Å². The van der Waals surface area contributed by atoms with Crippen LogP contribution >= 0.6 is 0 Å². The van der Waals surface area contributed by atoms with Crippen LogP contribution in [0.5, 0.6) is 0 Å². The molecule has 124 valence electrons. The number of amides is 1. The molecule has 1 saturated heterocycles. The molecule has 3 heterocycles. The summed E-state index contributed by atoms with van der Waals surface area (Å²) in [6.45, 7) is 2.33. The van der Waals surface area contributed by atoms with Crippen molar-refractivity contribution in [1.29, 1.82) is 0 Å². The third-order valence-corrected chi connectivity index (χ3v) is 4.41. The number of para-hydroxylation sites is 1. The second-order valence-corrected chi connectivity index (χ2v) is 5.99. The lowest BCUT2D eigenvalue weighted by Crippen LogP contribution is -2.32. The van der Waals surface area contributed by atoms with Gasteiger partial charge in [-0.2, -0.15) is 5.10 Å². The van der Waals surface area contributed by atoms with Gasteiger partial charge >= 0.3 is 0 Å². The average molecular weight is 326 g/mol. The third kappa shape index (κ3) is 2.46. The van der Waals surface area contributed by atoms with Gasteiger partial charge in [0.2, 0.25) is 0 Å². The van der Waals surface area contributed by atoms with E-state index in [4.69, 9.17) is 9.15 Å². The lowest BCUT2D eigenvalue weighted by atomic mass is 10.2. The number of fused-ring (bicyclic) bond motifs is 1. The van der Waals surface area contributed by atoms with Crippen molar-refractivity contribution in [2.45, 2.75) is 25.5 Å². The normalized spacial score (nSPS) is 20.8. The second kappa shape index (κ2) is 5.76. The van der Waals surface area contributed by atoms with Crippen LogP contribution in [0.4, 0.5) is 0 Å². The van der Waals surface area contributed by atoms with Gasteiger partial charge in [-0.05, 0) is 19.1 Å². The molecule has 0 bridgehead atoms. The van der Waals surface area contributed by atoms with Crippen molar-refractivity contribution in [2.75, 3.05) is 13.7 Å². The van der Waals surface area contributed by atoms with Crippen molar-refractivity contribution in [1.82, 2.24) is 20.1 Å². The summed E-state index contributed by atoms with van der Waals surface area (Å²) >= 11 is 0. The molecule has 0 saturated carbocycles. The topological polar surface area (TPSA) is 84.2 Å². The van der Waals surface area contributed by atoms with Crippen molar-refractivity contribution >= 4 is 16.9 Å². The SMILES string of the molecule is CO[C@@H]1C[C@@H](c2n[nH]c(C)n2)N(C(=O)c2cc3ccccc3o2)C1. The fourth-order valence-corrected chi connectivity index (χ4v) is 3.18. The number of benzene rings is 1. The minimum atomic E-state index is -0.222. The maximum atomic E-state index is 13.0. The highest BCUT2D eigenvalue weighted by Gasteiger charge is 2.39. The molecule has 7 heteroatoms. The molecule has 0 aliphatic carbocycles. The number of aromatic amines is 1. The summed E-state index contributed by atoms with van der Waals surface area (Å²) in [5.41, 5.74) is 0.702. The molecule has 0 radical (unpaired) electrons. The summed E-state index contributed by atoms with van der Waals surface area (Å²) in [7, 11) is 1.65. The zero-order valence-electron chi connectivity index (χ0n) is 13.5. The van der Waals surface area contributed by atoms with Crippen molar-refractivity contribution in [3.05, 3.63) is 47.7 Å². The molecule has 1 amide bonds. The van der Waals surface area contributed by atoms with Gasteiger partial charge in [-0.25, -0.2) is 4.98 Å². The molecule has 2 atom stereocenters. The first-order chi connectivity index (χ1) is 11.7. The molecule has 1 fully saturated rings. The number of aryl methyl sites for hydroxylation is 1. The lowest BCUT2D eigenvalue weighted by Gasteiger charge is -2.20. The second-order valence-electron chi connectivity index (χ2n) is 5.99. The molecule has 1 aliphatic heterocycles. The van der Waals surface area contributed by atoms with Crippen LogP contribution in [0, 0.1) is 6.92 Å². The van der Waals surface area contributed by atoms with E-state index in [1.165, 1.54) is 0 Å². The van der Waals surface area contributed by atoms with Gasteiger partial charge in [0.05, 0.1) is 12.1 Å². The van der Waals surface area contributed by atoms with E-state index in [1.807, 2.05) is 31.2 Å². The quantitative estimate of drug-likeness (QED) is 0.799. The smallest absolute Gasteiger partial charge is 0.290 e. The van der Waals surface area contributed by atoms with E-state index in [-0.39, 0.29) is 18.1 Å². The summed E-state index contributed by atoms with van der Waals surface area (Å²) in [6, 6.07) is 9.13. The summed E-state index contributed by atoms with van der Waals surface area (Å²) in [5, 5.41) is 7.97. The number of nitrogens with zero attached hydrogens (tertiary/aromatic N) is 3. The van der Waals surface area contributed by atoms with Gasteiger partial charge in [0.15, 0.2) is 11.6 Å². The predicted molar refractivity (Wildman–Crippen MR) is 86.5 cm³/mol. The predicted octanol–water partition coefficient (Wildman–Crippen LogP) is 2.46. The fraction of sp³-hybridized carbons (Fsp3) is 0.353. The van der Waals surface area contributed by atoms with Crippen LogP contribution in [0.2, 0.25) is 0 Å². The van der Waals surface area contributed by atoms with Crippen LogP contribution in [0.15, 0.2) is 34.7 Å². The Morgan fingerprint density at radius 2 is 2.25 bits per heavy atom. The molecule has 1 aliphatic rings. The summed E-state index contributed by atoms with van der Waals surface area (Å²) in [4.78, 5) is 19.1. The highest BCUT2D eigenvalue weighted by atomic mass is 16.5. The number of H-pyrrole nitrogens is 1. The maximum Gasteiger partial charge on any atom is 0.290 e. The molecular formula is C17H18N4O3. The van der Waals surface area contributed by atoms with Crippen LogP contribution < -0.4 is 0 Å². The van der Waals surface area contributed by atoms with Gasteiger partial charge in [-0.1, -0.05) is 18.2 Å². The highest BCUT2D eigenvalue weighted by molar-refractivity contribution is 5.96. The molecule has 0 spiro atoms. The number of rotatable bonds is 3. The summed E-state index contributed by atoms with van der Waals surface area (Å²) < 4.78 is 11.2. The number of ether oxygens (including phenoxy) is 1. The number of methoxy groups -OCH3 is 1. The number of likely N-dealkylation sites (tertiary alicyclic amines) is 1. The number of hydrogen-bond donors (Lipinski definition) is 1. The Morgan fingerprint density at radius 3 is 2.96 bits per heavy atom. The van der Waals surface area contributed by atoms with Gasteiger partial charge in [0, 0.05) is 25.5 Å². The molecular weight excluding hydrogens is 308 g/mol. The first-order valence-electron chi connectivity index (χ1n) is 7.87. The van der Waals surface area contributed by atoms with Gasteiger partial charge in [0.1, 0.15) is 11.4 Å². The number of furan rings is 1. The zero-order chi connectivity index (χ0) is 16.7. The van der Waals surface area contributed by atoms with Gasteiger partial charge < -0.3 is 14.1 Å². The average Bonchev–Trinajstić information content (AvgIpc) is 3.30. The van der Waals surface area contributed by atoms with E-state index in [9.17, 15) is 4.79 Å². The lowest BCUT2D eigenvalue weighted by molar-refractivity contribution is 0.0656. The minimum absolute atomic E-state index is 0.0397. The van der Waals surface area contributed by atoms with Crippen molar-refractivity contribution in [2.24, 2.45) is 0 Å². The minimum Gasteiger partial charge on any atom is -0.451 e. The van der Waals surface area contributed by atoms with Crippen LogP contribution in [-0.4, -0.2) is 45.7 Å². The molecule has 24 heavy (non-hydrogen) atoms. The van der Waals surface area contributed by atoms with E-state index in [2.05, 4.69) is 15.2 Å². The molecule has 2 aromatic heterocycles. The van der Waals surface area contributed by atoms with E-state index in [1.54, 1.807) is 18.1 Å². The number of aromatic nitrogens is 3. The Morgan fingerprint density at radius 1 is 1.42 bits per heavy atom. The number of hydrogen-bond acceptors (Lipinski definition) is 5. The third-order valence-electron chi connectivity index (χ3n) is 4.41. The fourth-order valence-electron chi connectivity index (χ4n) is 3.18. The van der Waals surface area contributed by atoms with Crippen molar-refractivity contribution < 1.29 is 13.9 Å². The van der Waals surface area contributed by atoms with Crippen LogP contribution in [-0.2, 0) is 4.74 Å².